The molecule has 3 heteroatoms. The van der Waals surface area contributed by atoms with Crippen LogP contribution in [0.3, 0.4) is 0 Å². The Bertz CT molecular complexity index is 413. The molecule has 17 heavy (non-hydrogen) atoms. The van der Waals surface area contributed by atoms with E-state index in [0.717, 1.165) is 6.42 Å². The molecule has 0 radical (unpaired) electrons. The summed E-state index contributed by atoms with van der Waals surface area (Å²) in [5.74, 6) is -0.543. The molecule has 1 rings (SSSR count). The Morgan fingerprint density at radius 2 is 2.06 bits per heavy atom. The number of rotatable bonds is 4. The molecule has 0 aliphatic heterocycles. The average Bonchev–Trinajstić information content (AvgIpc) is 2.30. The fourth-order valence-corrected chi connectivity index (χ4v) is 2.20. The van der Waals surface area contributed by atoms with Gasteiger partial charge in [-0.3, -0.25) is 10.0 Å². The molecule has 0 bridgehead atoms. The van der Waals surface area contributed by atoms with Crippen molar-refractivity contribution in [2.24, 2.45) is 5.92 Å². The Balaban J connectivity index is 3.01. The lowest BCUT2D eigenvalue weighted by molar-refractivity contribution is -0.132. The predicted molar refractivity (Wildman–Crippen MR) is 68.1 cm³/mol. The minimum atomic E-state index is -0.327. The van der Waals surface area contributed by atoms with Crippen molar-refractivity contribution < 1.29 is 10.0 Å². The van der Waals surface area contributed by atoms with Crippen molar-refractivity contribution in [1.29, 1.82) is 0 Å². The molecule has 94 valence electrons. The van der Waals surface area contributed by atoms with Gasteiger partial charge >= 0.3 is 0 Å². The maximum Gasteiger partial charge on any atom is 0.246 e. The Morgan fingerprint density at radius 3 is 2.59 bits per heavy atom. The molecule has 0 aliphatic rings. The molecule has 0 fully saturated rings. The van der Waals surface area contributed by atoms with Crippen LogP contribution < -0.4 is 5.48 Å². The van der Waals surface area contributed by atoms with E-state index in [-0.39, 0.29) is 11.8 Å². The van der Waals surface area contributed by atoms with Crippen LogP contribution in [-0.2, 0) is 17.6 Å². The normalized spacial score (nSPS) is 12.3. The highest BCUT2D eigenvalue weighted by molar-refractivity contribution is 5.77. The molecule has 0 saturated carbocycles. The van der Waals surface area contributed by atoms with Crippen LogP contribution in [0.25, 0.3) is 0 Å². The SMILES string of the molecule is CCc1cc(C)cc(C)c1C[C@H](C)C(=O)NO. The van der Waals surface area contributed by atoms with Gasteiger partial charge in [0.1, 0.15) is 0 Å². The summed E-state index contributed by atoms with van der Waals surface area (Å²) in [5.41, 5.74) is 6.71. The zero-order valence-electron chi connectivity index (χ0n) is 11.0. The number of amides is 1. The van der Waals surface area contributed by atoms with Crippen molar-refractivity contribution in [2.75, 3.05) is 0 Å². The molecule has 1 atom stereocenters. The van der Waals surface area contributed by atoms with Gasteiger partial charge in [-0.1, -0.05) is 31.5 Å². The van der Waals surface area contributed by atoms with E-state index in [1.165, 1.54) is 22.3 Å². The van der Waals surface area contributed by atoms with Crippen molar-refractivity contribution in [1.82, 2.24) is 5.48 Å². The van der Waals surface area contributed by atoms with Crippen molar-refractivity contribution in [3.8, 4) is 0 Å². The standard InChI is InChI=1S/C14H21NO2/c1-5-12-7-9(2)6-10(3)13(12)8-11(4)14(16)15-17/h6-7,11,17H,5,8H2,1-4H3,(H,15,16)/t11-/m0/s1. The van der Waals surface area contributed by atoms with Crippen LogP contribution in [0.4, 0.5) is 0 Å². The molecule has 0 aromatic heterocycles. The van der Waals surface area contributed by atoms with Gasteiger partial charge in [0.2, 0.25) is 5.91 Å². The lowest BCUT2D eigenvalue weighted by atomic mass is 9.90. The summed E-state index contributed by atoms with van der Waals surface area (Å²) in [6, 6.07) is 4.31. The number of carbonyl (C=O) groups excluding carboxylic acids is 1. The number of aryl methyl sites for hydroxylation is 3. The number of nitrogens with one attached hydrogen (secondary N) is 1. The first-order valence-electron chi connectivity index (χ1n) is 6.02. The van der Waals surface area contributed by atoms with Crippen LogP contribution in [0.1, 0.15) is 36.1 Å². The van der Waals surface area contributed by atoms with Gasteiger partial charge in [0.05, 0.1) is 0 Å². The lowest BCUT2D eigenvalue weighted by Gasteiger charge is -2.16. The Kier molecular flexibility index (Phi) is 4.70. The van der Waals surface area contributed by atoms with E-state index in [2.05, 4.69) is 32.9 Å². The maximum atomic E-state index is 11.3. The van der Waals surface area contributed by atoms with E-state index < -0.39 is 0 Å². The molecule has 0 aliphatic carbocycles. The van der Waals surface area contributed by atoms with Crippen molar-refractivity contribution in [2.45, 2.75) is 40.5 Å². The first-order valence-corrected chi connectivity index (χ1v) is 6.02. The summed E-state index contributed by atoms with van der Waals surface area (Å²) in [5, 5.41) is 8.62. The van der Waals surface area contributed by atoms with Gasteiger partial charge < -0.3 is 0 Å². The van der Waals surface area contributed by atoms with Crippen LogP contribution in [0.5, 0.6) is 0 Å². The molecule has 1 amide bonds. The van der Waals surface area contributed by atoms with Crippen LogP contribution in [0.2, 0.25) is 0 Å². The third-order valence-electron chi connectivity index (χ3n) is 3.16. The van der Waals surface area contributed by atoms with Crippen LogP contribution >= 0.6 is 0 Å². The number of benzene rings is 1. The molecule has 0 unspecified atom stereocenters. The number of hydrogen-bond donors (Lipinski definition) is 2. The molecule has 2 N–H and O–H groups in total. The first kappa shape index (κ1) is 13.7. The van der Waals surface area contributed by atoms with Gasteiger partial charge in [-0.05, 0) is 43.4 Å². The number of carbonyl (C=O) groups is 1. The van der Waals surface area contributed by atoms with E-state index in [4.69, 9.17) is 5.21 Å². The Morgan fingerprint density at radius 1 is 1.41 bits per heavy atom. The summed E-state index contributed by atoms with van der Waals surface area (Å²) in [6.07, 6.45) is 1.63. The molecule has 0 heterocycles. The second kappa shape index (κ2) is 5.82. The Hall–Kier alpha value is -1.35. The van der Waals surface area contributed by atoms with Crippen molar-refractivity contribution >= 4 is 5.91 Å². The van der Waals surface area contributed by atoms with E-state index in [9.17, 15) is 4.79 Å². The van der Waals surface area contributed by atoms with Crippen LogP contribution in [0.15, 0.2) is 12.1 Å². The van der Waals surface area contributed by atoms with E-state index in [1.54, 1.807) is 5.48 Å². The fraction of sp³-hybridized carbons (Fsp3) is 0.500. The largest absolute Gasteiger partial charge is 0.289 e. The average molecular weight is 235 g/mol. The zero-order valence-corrected chi connectivity index (χ0v) is 11.0. The monoisotopic (exact) mass is 235 g/mol. The highest BCUT2D eigenvalue weighted by Crippen LogP contribution is 2.21. The van der Waals surface area contributed by atoms with E-state index >= 15 is 0 Å². The topological polar surface area (TPSA) is 49.3 Å². The molecule has 0 saturated heterocycles. The maximum absolute atomic E-state index is 11.3. The van der Waals surface area contributed by atoms with Crippen LogP contribution in [-0.4, -0.2) is 11.1 Å². The molecule has 0 spiro atoms. The third kappa shape index (κ3) is 3.30. The van der Waals surface area contributed by atoms with E-state index in [1.807, 2.05) is 6.92 Å². The molecule has 1 aromatic rings. The second-order valence-corrected chi connectivity index (χ2v) is 4.65. The third-order valence-corrected chi connectivity index (χ3v) is 3.16. The highest BCUT2D eigenvalue weighted by atomic mass is 16.5. The zero-order chi connectivity index (χ0) is 13.0. The predicted octanol–water partition coefficient (Wildman–Crippen LogP) is 2.55. The summed E-state index contributed by atoms with van der Waals surface area (Å²) in [7, 11) is 0. The molecular formula is C14H21NO2. The van der Waals surface area contributed by atoms with Gasteiger partial charge in [-0.15, -0.1) is 0 Å². The van der Waals surface area contributed by atoms with Crippen LogP contribution in [0, 0.1) is 19.8 Å². The molecule has 1 aromatic carbocycles. The van der Waals surface area contributed by atoms with Gasteiger partial charge in [0.25, 0.3) is 0 Å². The Labute approximate surface area is 103 Å². The molecule has 3 nitrogen and oxygen atoms in total. The van der Waals surface area contributed by atoms with Gasteiger partial charge in [-0.2, -0.15) is 0 Å². The highest BCUT2D eigenvalue weighted by Gasteiger charge is 2.16. The summed E-state index contributed by atoms with van der Waals surface area (Å²) >= 11 is 0. The summed E-state index contributed by atoms with van der Waals surface area (Å²) < 4.78 is 0. The van der Waals surface area contributed by atoms with Gasteiger partial charge in [-0.25, -0.2) is 5.48 Å². The quantitative estimate of drug-likeness (QED) is 0.622. The first-order chi connectivity index (χ1) is 7.99. The fourth-order valence-electron chi connectivity index (χ4n) is 2.20. The van der Waals surface area contributed by atoms with Crippen molar-refractivity contribution in [3.63, 3.8) is 0 Å². The number of hydrogen-bond acceptors (Lipinski definition) is 2. The number of hydroxylamine groups is 1. The second-order valence-electron chi connectivity index (χ2n) is 4.65. The van der Waals surface area contributed by atoms with Gasteiger partial charge in [0, 0.05) is 5.92 Å². The van der Waals surface area contributed by atoms with Gasteiger partial charge in [0.15, 0.2) is 0 Å². The lowest BCUT2D eigenvalue weighted by Crippen LogP contribution is -2.27. The van der Waals surface area contributed by atoms with E-state index in [0.29, 0.717) is 6.42 Å². The van der Waals surface area contributed by atoms with Crippen molar-refractivity contribution in [3.05, 3.63) is 34.4 Å². The smallest absolute Gasteiger partial charge is 0.246 e. The minimum absolute atomic E-state index is 0.216. The molecular weight excluding hydrogens is 214 g/mol. The minimum Gasteiger partial charge on any atom is -0.289 e. The summed E-state index contributed by atoms with van der Waals surface area (Å²) in [4.78, 5) is 11.3. The summed E-state index contributed by atoms with van der Waals surface area (Å²) in [6.45, 7) is 8.10.